The van der Waals surface area contributed by atoms with E-state index < -0.39 is 32.5 Å². The van der Waals surface area contributed by atoms with Crippen molar-refractivity contribution in [2.45, 2.75) is 22.8 Å². The maximum Gasteiger partial charge on any atom is 0.264 e. The molecule has 8 nitrogen and oxygen atoms in total. The first kappa shape index (κ1) is 30.5. The molecule has 4 aromatic rings. The topological polar surface area (TPSA) is 104 Å². The molecule has 0 aliphatic carbocycles. The van der Waals surface area contributed by atoms with Crippen LogP contribution in [0.25, 0.3) is 0 Å². The Kier molecular flexibility index (Phi) is 8.98. The van der Waals surface area contributed by atoms with Crippen molar-refractivity contribution in [2.24, 2.45) is 0 Å². The molecule has 1 amide bonds. The zero-order valence-electron chi connectivity index (χ0n) is 21.9. The predicted molar refractivity (Wildman–Crippen MR) is 168 cm³/mol. The fraction of sp³-hybridized carbons (Fsp3) is 0.138. The van der Waals surface area contributed by atoms with Crippen LogP contribution in [0.3, 0.4) is 0 Å². The molecule has 0 bridgehead atoms. The zero-order chi connectivity index (χ0) is 30.1. The second-order valence-corrected chi connectivity index (χ2v) is 15.1. The minimum Gasteiger partial charge on any atom is -0.325 e. The summed E-state index contributed by atoms with van der Waals surface area (Å²) in [6.45, 7) is -0.302. The van der Waals surface area contributed by atoms with Gasteiger partial charge in [-0.25, -0.2) is 16.8 Å². The highest BCUT2D eigenvalue weighted by atomic mass is 79.9. The van der Waals surface area contributed by atoms with E-state index in [-0.39, 0.29) is 22.9 Å². The first-order valence-corrected chi connectivity index (χ1v) is 17.1. The van der Waals surface area contributed by atoms with Gasteiger partial charge in [-0.1, -0.05) is 57.3 Å². The molecule has 0 fully saturated rings. The Balaban J connectivity index is 1.39. The molecule has 1 aliphatic heterocycles. The van der Waals surface area contributed by atoms with Crippen molar-refractivity contribution in [3.05, 3.63) is 117 Å². The molecule has 1 N–H and O–H groups in total. The van der Waals surface area contributed by atoms with E-state index in [0.29, 0.717) is 37.9 Å². The molecule has 42 heavy (non-hydrogen) atoms. The molecule has 218 valence electrons. The van der Waals surface area contributed by atoms with Crippen LogP contribution < -0.4 is 9.62 Å². The van der Waals surface area contributed by atoms with Gasteiger partial charge in [-0.05, 0) is 90.3 Å². The number of carbonyl (C=O) groups excluding carboxylic acids is 1. The van der Waals surface area contributed by atoms with E-state index in [1.165, 1.54) is 40.7 Å². The minimum atomic E-state index is -4.06. The number of rotatable bonds is 9. The van der Waals surface area contributed by atoms with Gasteiger partial charge in [-0.3, -0.25) is 9.10 Å². The maximum atomic E-state index is 13.6. The fourth-order valence-electron chi connectivity index (χ4n) is 4.55. The van der Waals surface area contributed by atoms with Gasteiger partial charge in [0.2, 0.25) is 15.9 Å². The molecule has 13 heteroatoms. The van der Waals surface area contributed by atoms with E-state index in [1.54, 1.807) is 54.6 Å². The van der Waals surface area contributed by atoms with E-state index >= 15 is 0 Å². The van der Waals surface area contributed by atoms with Crippen molar-refractivity contribution in [3.63, 3.8) is 0 Å². The summed E-state index contributed by atoms with van der Waals surface area (Å²) in [5.74, 6) is -0.588. The Morgan fingerprint density at radius 2 is 1.43 bits per heavy atom. The summed E-state index contributed by atoms with van der Waals surface area (Å²) in [6.07, 6.45) is 0.511. The van der Waals surface area contributed by atoms with Crippen LogP contribution in [-0.4, -0.2) is 40.1 Å². The Morgan fingerprint density at radius 3 is 2.07 bits per heavy atom. The number of fused-ring (bicyclic) bond motifs is 1. The largest absolute Gasteiger partial charge is 0.325 e. The third kappa shape index (κ3) is 6.66. The molecular weight excluding hydrogens is 685 g/mol. The van der Waals surface area contributed by atoms with Gasteiger partial charge in [-0.2, -0.15) is 4.31 Å². The number of nitrogens with one attached hydrogen (secondary N) is 1. The fourth-order valence-corrected chi connectivity index (χ4v) is 7.94. The normalized spacial score (nSPS) is 13.3. The molecule has 0 aromatic heterocycles. The molecule has 1 aliphatic rings. The molecule has 0 atom stereocenters. The van der Waals surface area contributed by atoms with Crippen LogP contribution in [0.1, 0.15) is 11.1 Å². The van der Waals surface area contributed by atoms with Crippen LogP contribution in [0, 0.1) is 0 Å². The number of halogens is 3. The van der Waals surface area contributed by atoms with Gasteiger partial charge in [0.1, 0.15) is 0 Å². The smallest absolute Gasteiger partial charge is 0.264 e. The van der Waals surface area contributed by atoms with Crippen molar-refractivity contribution in [2.75, 3.05) is 22.7 Å². The summed E-state index contributed by atoms with van der Waals surface area (Å²) < 4.78 is 57.0. The van der Waals surface area contributed by atoms with Crippen LogP contribution in [0.15, 0.2) is 105 Å². The van der Waals surface area contributed by atoms with Crippen molar-refractivity contribution in [1.82, 2.24) is 4.31 Å². The van der Waals surface area contributed by atoms with Crippen LogP contribution in [0.4, 0.5) is 11.4 Å². The van der Waals surface area contributed by atoms with Gasteiger partial charge in [0, 0.05) is 33.3 Å². The summed E-state index contributed by atoms with van der Waals surface area (Å²) in [7, 11) is -7.93. The van der Waals surface area contributed by atoms with Crippen LogP contribution in [-0.2, 0) is 37.8 Å². The minimum absolute atomic E-state index is 0.0352. The quantitative estimate of drug-likeness (QED) is 0.219. The highest BCUT2D eigenvalue weighted by Gasteiger charge is 2.32. The zero-order valence-corrected chi connectivity index (χ0v) is 26.6. The first-order chi connectivity index (χ1) is 19.9. The second kappa shape index (κ2) is 12.4. The van der Waals surface area contributed by atoms with Crippen LogP contribution in [0.2, 0.25) is 10.0 Å². The van der Waals surface area contributed by atoms with E-state index in [9.17, 15) is 21.6 Å². The molecular formula is C29H24BrCl2N3O5S2. The van der Waals surface area contributed by atoms with Gasteiger partial charge in [-0.15, -0.1) is 0 Å². The molecule has 5 rings (SSSR count). The highest BCUT2D eigenvalue weighted by molar-refractivity contribution is 9.10. The first-order valence-electron chi connectivity index (χ1n) is 12.6. The van der Waals surface area contributed by atoms with Gasteiger partial charge in [0.15, 0.2) is 0 Å². The van der Waals surface area contributed by atoms with Crippen molar-refractivity contribution in [1.29, 1.82) is 0 Å². The van der Waals surface area contributed by atoms with Crippen LogP contribution in [0.5, 0.6) is 0 Å². The standard InChI is InChI=1S/C29H24BrCl2N3O5S2/c30-22-4-11-26(12-5-22)41(37,38)34(18-20-1-6-23(31)7-2-20)19-29(36)33-25-10-3-21-15-16-35(28(21)17-25)42(39,40)27-13-8-24(32)9-14-27/h1-14,17H,15-16,18-19H2,(H,33,36). The number of sulfonamides is 2. The van der Waals surface area contributed by atoms with E-state index in [0.717, 1.165) is 9.87 Å². The average Bonchev–Trinajstić information content (AvgIpc) is 3.38. The molecule has 0 spiro atoms. The molecule has 0 unspecified atom stereocenters. The summed E-state index contributed by atoms with van der Waals surface area (Å²) in [5.41, 5.74) is 2.24. The number of carbonyl (C=O) groups is 1. The van der Waals surface area contributed by atoms with Crippen molar-refractivity contribution in [3.8, 4) is 0 Å². The Hall–Kier alpha value is -2.93. The SMILES string of the molecule is O=C(CN(Cc1ccc(Cl)cc1)S(=O)(=O)c1ccc(Br)cc1)Nc1ccc2c(c1)N(S(=O)(=O)c1ccc(Cl)cc1)CC2. The number of nitrogens with zero attached hydrogens (tertiary/aromatic N) is 2. The van der Waals surface area contributed by atoms with Crippen molar-refractivity contribution < 1.29 is 21.6 Å². The number of amides is 1. The third-order valence-electron chi connectivity index (χ3n) is 6.67. The highest BCUT2D eigenvalue weighted by Crippen LogP contribution is 2.35. The number of hydrogen-bond acceptors (Lipinski definition) is 5. The molecule has 0 saturated carbocycles. The average molecular weight is 709 g/mol. The lowest BCUT2D eigenvalue weighted by atomic mass is 10.1. The number of hydrogen-bond donors (Lipinski definition) is 1. The monoisotopic (exact) mass is 707 g/mol. The van der Waals surface area contributed by atoms with Crippen LogP contribution >= 0.6 is 39.1 Å². The molecule has 4 aromatic carbocycles. The summed E-state index contributed by atoms with van der Waals surface area (Å²) >= 11 is 15.2. The van der Waals surface area contributed by atoms with E-state index in [4.69, 9.17) is 23.2 Å². The number of benzene rings is 4. The lowest BCUT2D eigenvalue weighted by Gasteiger charge is -2.23. The lowest BCUT2D eigenvalue weighted by molar-refractivity contribution is -0.116. The van der Waals surface area contributed by atoms with Crippen molar-refractivity contribution >= 4 is 76.5 Å². The summed E-state index contributed by atoms with van der Waals surface area (Å²) in [6, 6.07) is 23.8. The Morgan fingerprint density at radius 1 is 0.833 bits per heavy atom. The van der Waals surface area contributed by atoms with Gasteiger partial charge in [0.25, 0.3) is 10.0 Å². The lowest BCUT2D eigenvalue weighted by Crippen LogP contribution is -2.37. The second-order valence-electron chi connectivity index (χ2n) is 9.53. The van der Waals surface area contributed by atoms with E-state index in [1.807, 2.05) is 0 Å². The Bertz CT molecular complexity index is 1840. The van der Waals surface area contributed by atoms with Gasteiger partial charge in [0.05, 0.1) is 22.0 Å². The van der Waals surface area contributed by atoms with E-state index in [2.05, 4.69) is 21.2 Å². The predicted octanol–water partition coefficient (Wildman–Crippen LogP) is 6.34. The maximum absolute atomic E-state index is 13.6. The number of anilines is 2. The Labute approximate surface area is 263 Å². The van der Waals surface area contributed by atoms with Gasteiger partial charge < -0.3 is 5.32 Å². The third-order valence-corrected chi connectivity index (χ3v) is 11.3. The molecule has 1 heterocycles. The summed E-state index contributed by atoms with van der Waals surface area (Å²) in [4.78, 5) is 13.4. The summed E-state index contributed by atoms with van der Waals surface area (Å²) in [5, 5.41) is 3.66. The molecule has 0 radical (unpaired) electrons. The molecule has 0 saturated heterocycles. The van der Waals surface area contributed by atoms with Gasteiger partial charge >= 0.3 is 0 Å².